The van der Waals surface area contributed by atoms with Gasteiger partial charge in [0.15, 0.2) is 0 Å². The van der Waals surface area contributed by atoms with Gasteiger partial charge in [-0.05, 0) is 47.0 Å². The second-order valence-electron chi connectivity index (χ2n) is 6.00. The molecule has 1 amide bonds. The molecule has 1 fully saturated rings. The number of rotatable bonds is 2. The summed E-state index contributed by atoms with van der Waals surface area (Å²) in [5.74, 6) is 0.370. The summed E-state index contributed by atoms with van der Waals surface area (Å²) in [6.45, 7) is 1.53. The van der Waals surface area contributed by atoms with Crippen molar-refractivity contribution >= 4 is 43.4 Å². The van der Waals surface area contributed by atoms with Gasteiger partial charge in [0.05, 0.1) is 20.8 Å². The summed E-state index contributed by atoms with van der Waals surface area (Å²) in [4.78, 5) is 23.6. The molecule has 1 aliphatic heterocycles. The highest BCUT2D eigenvalue weighted by molar-refractivity contribution is 9.10. The number of amides is 1. The molecule has 0 spiro atoms. The third-order valence-electron chi connectivity index (χ3n) is 4.32. The van der Waals surface area contributed by atoms with Gasteiger partial charge >= 0.3 is 0 Å². The van der Waals surface area contributed by atoms with Crippen LogP contribution in [-0.2, 0) is 0 Å². The van der Waals surface area contributed by atoms with Crippen LogP contribution < -0.4 is 0 Å². The number of likely N-dealkylation sites (tertiary alicyclic amines) is 1. The molecule has 2 aromatic heterocycles. The molecule has 1 saturated heterocycles. The molecule has 122 valence electrons. The van der Waals surface area contributed by atoms with Gasteiger partial charge in [0.1, 0.15) is 0 Å². The molecule has 4 nitrogen and oxygen atoms in total. The molecule has 3 heterocycles. The zero-order chi connectivity index (χ0) is 16.5. The van der Waals surface area contributed by atoms with Crippen LogP contribution in [0.4, 0.5) is 0 Å². The van der Waals surface area contributed by atoms with E-state index in [-0.39, 0.29) is 5.91 Å². The van der Waals surface area contributed by atoms with Crippen LogP contribution in [0.2, 0.25) is 0 Å². The van der Waals surface area contributed by atoms with Gasteiger partial charge in [0.25, 0.3) is 5.91 Å². The van der Waals surface area contributed by atoms with Crippen molar-refractivity contribution in [3.63, 3.8) is 0 Å². The number of hydrogen-bond donors (Lipinski definition) is 0. The summed E-state index contributed by atoms with van der Waals surface area (Å²) < 4.78 is 2.04. The molecule has 0 unspecified atom stereocenters. The maximum atomic E-state index is 12.7. The normalized spacial score (nSPS) is 18.0. The van der Waals surface area contributed by atoms with Crippen LogP contribution in [0.5, 0.6) is 0 Å². The maximum Gasteiger partial charge on any atom is 0.255 e. The number of halogens is 1. The van der Waals surface area contributed by atoms with Crippen LogP contribution in [0.15, 0.2) is 47.2 Å². The van der Waals surface area contributed by atoms with Crippen molar-refractivity contribution in [2.75, 3.05) is 13.1 Å². The number of piperidine rings is 1. The number of hydrogen-bond acceptors (Lipinski definition) is 4. The minimum absolute atomic E-state index is 0.0506. The highest BCUT2D eigenvalue weighted by Gasteiger charge is 2.27. The number of aromatic nitrogens is 2. The molecule has 1 aromatic carbocycles. The molecule has 1 atom stereocenters. The summed E-state index contributed by atoms with van der Waals surface area (Å²) in [5, 5.41) is 1.14. The smallest absolute Gasteiger partial charge is 0.255 e. The quantitative estimate of drug-likeness (QED) is 0.635. The predicted octanol–water partition coefficient (Wildman–Crippen LogP) is 4.47. The second-order valence-corrected chi connectivity index (χ2v) is 7.98. The Bertz CT molecular complexity index is 862. The van der Waals surface area contributed by atoms with Crippen LogP contribution in [0.3, 0.4) is 0 Å². The van der Waals surface area contributed by atoms with E-state index in [2.05, 4.69) is 27.0 Å². The molecular weight excluding hydrogens is 386 g/mol. The minimum atomic E-state index is 0.0506. The monoisotopic (exact) mass is 401 g/mol. The van der Waals surface area contributed by atoms with Crippen molar-refractivity contribution in [1.82, 2.24) is 14.9 Å². The van der Waals surface area contributed by atoms with Crippen LogP contribution in [0.25, 0.3) is 10.2 Å². The van der Waals surface area contributed by atoms with E-state index < -0.39 is 0 Å². The standard InChI is InChI=1S/C18H16BrN3OS/c19-14-8-13(9-20-10-14)18(23)22-7-3-4-12(11-22)17-21-15-5-1-2-6-16(15)24-17/h1-2,5-6,8-10,12H,3-4,7,11H2/t12-/m1/s1. The highest BCUT2D eigenvalue weighted by Crippen LogP contribution is 2.33. The molecule has 3 aromatic rings. The van der Waals surface area contributed by atoms with E-state index >= 15 is 0 Å². The van der Waals surface area contributed by atoms with Crippen molar-refractivity contribution in [2.24, 2.45) is 0 Å². The lowest BCUT2D eigenvalue weighted by Gasteiger charge is -2.31. The number of benzene rings is 1. The molecule has 0 bridgehead atoms. The molecule has 24 heavy (non-hydrogen) atoms. The number of carbonyl (C=O) groups is 1. The van der Waals surface area contributed by atoms with Gasteiger partial charge in [0.2, 0.25) is 0 Å². The first kappa shape index (κ1) is 15.7. The topological polar surface area (TPSA) is 46.1 Å². The maximum absolute atomic E-state index is 12.7. The molecule has 0 saturated carbocycles. The van der Waals surface area contributed by atoms with Gasteiger partial charge in [-0.3, -0.25) is 9.78 Å². The SMILES string of the molecule is O=C(c1cncc(Br)c1)N1CCC[C@@H](c2nc3ccccc3s2)C1. The number of thiazole rings is 1. The Balaban J connectivity index is 1.56. The fourth-order valence-corrected chi connectivity index (χ4v) is 4.60. The van der Waals surface area contributed by atoms with Crippen molar-refractivity contribution < 1.29 is 4.79 Å². The number of pyridine rings is 1. The van der Waals surface area contributed by atoms with E-state index in [0.717, 1.165) is 40.9 Å². The van der Waals surface area contributed by atoms with Gasteiger partial charge in [-0.2, -0.15) is 0 Å². The van der Waals surface area contributed by atoms with Crippen molar-refractivity contribution in [1.29, 1.82) is 0 Å². The fourth-order valence-electron chi connectivity index (χ4n) is 3.14. The summed E-state index contributed by atoms with van der Waals surface area (Å²) in [6.07, 6.45) is 5.42. The molecule has 1 aliphatic rings. The van der Waals surface area contributed by atoms with Crippen molar-refractivity contribution in [2.45, 2.75) is 18.8 Å². The highest BCUT2D eigenvalue weighted by atomic mass is 79.9. The van der Waals surface area contributed by atoms with Crippen LogP contribution in [0, 0.1) is 0 Å². The number of carbonyl (C=O) groups excluding carboxylic acids is 1. The number of para-hydroxylation sites is 1. The first-order valence-electron chi connectivity index (χ1n) is 7.96. The van der Waals surface area contributed by atoms with Crippen molar-refractivity contribution in [3.05, 3.63) is 57.8 Å². The molecule has 6 heteroatoms. The molecule has 0 aliphatic carbocycles. The lowest BCUT2D eigenvalue weighted by molar-refractivity contribution is 0.0706. The van der Waals surface area contributed by atoms with Crippen LogP contribution in [0.1, 0.15) is 34.1 Å². The zero-order valence-electron chi connectivity index (χ0n) is 13.0. The van der Waals surface area contributed by atoms with E-state index in [1.54, 1.807) is 23.7 Å². The summed E-state index contributed by atoms with van der Waals surface area (Å²) in [5.41, 5.74) is 1.69. The van der Waals surface area contributed by atoms with E-state index in [9.17, 15) is 4.79 Å². The van der Waals surface area contributed by atoms with Gasteiger partial charge in [-0.1, -0.05) is 12.1 Å². The first-order chi connectivity index (χ1) is 11.7. The molecule has 0 radical (unpaired) electrons. The second kappa shape index (κ2) is 6.61. The van der Waals surface area contributed by atoms with Gasteiger partial charge < -0.3 is 4.90 Å². The predicted molar refractivity (Wildman–Crippen MR) is 99.4 cm³/mol. The summed E-state index contributed by atoms with van der Waals surface area (Å²) in [6, 6.07) is 10.0. The van der Waals surface area contributed by atoms with Crippen molar-refractivity contribution in [3.8, 4) is 0 Å². The Morgan fingerprint density at radius 1 is 1.29 bits per heavy atom. The zero-order valence-corrected chi connectivity index (χ0v) is 15.4. The largest absolute Gasteiger partial charge is 0.338 e. The first-order valence-corrected chi connectivity index (χ1v) is 9.57. The Kier molecular flexibility index (Phi) is 4.33. The Labute approximate surface area is 152 Å². The Hall–Kier alpha value is -1.79. The number of nitrogens with zero attached hydrogens (tertiary/aromatic N) is 3. The third kappa shape index (κ3) is 3.08. The van der Waals surface area contributed by atoms with Gasteiger partial charge in [0, 0.05) is 35.9 Å². The van der Waals surface area contributed by atoms with E-state index in [4.69, 9.17) is 4.98 Å². The van der Waals surface area contributed by atoms with Gasteiger partial charge in [-0.25, -0.2) is 4.98 Å². The Morgan fingerprint density at radius 3 is 3.00 bits per heavy atom. The minimum Gasteiger partial charge on any atom is -0.338 e. The van der Waals surface area contributed by atoms with E-state index in [1.807, 2.05) is 29.2 Å². The fraction of sp³-hybridized carbons (Fsp3) is 0.278. The third-order valence-corrected chi connectivity index (χ3v) is 5.95. The number of fused-ring (bicyclic) bond motifs is 1. The van der Waals surface area contributed by atoms with Crippen LogP contribution in [-0.4, -0.2) is 33.9 Å². The van der Waals surface area contributed by atoms with Crippen LogP contribution >= 0.6 is 27.3 Å². The average molecular weight is 402 g/mol. The molecule has 0 N–H and O–H groups in total. The lowest BCUT2D eigenvalue weighted by atomic mass is 9.98. The summed E-state index contributed by atoms with van der Waals surface area (Å²) in [7, 11) is 0. The van der Waals surface area contributed by atoms with E-state index in [1.165, 1.54) is 4.70 Å². The molecule has 4 rings (SSSR count). The van der Waals surface area contributed by atoms with E-state index in [0.29, 0.717) is 11.5 Å². The lowest BCUT2D eigenvalue weighted by Crippen LogP contribution is -2.39. The Morgan fingerprint density at radius 2 is 2.17 bits per heavy atom. The average Bonchev–Trinajstić information content (AvgIpc) is 3.05. The summed E-state index contributed by atoms with van der Waals surface area (Å²) >= 11 is 5.13. The van der Waals surface area contributed by atoms with Gasteiger partial charge in [-0.15, -0.1) is 11.3 Å². The molecular formula is C18H16BrN3OS.